The van der Waals surface area contributed by atoms with Crippen LogP contribution in [0, 0.1) is 6.92 Å². The van der Waals surface area contributed by atoms with Crippen LogP contribution in [0.2, 0.25) is 0 Å². The van der Waals surface area contributed by atoms with Crippen LogP contribution in [0.5, 0.6) is 17.2 Å². The van der Waals surface area contributed by atoms with Crippen LogP contribution in [-0.2, 0) is 4.79 Å². The van der Waals surface area contributed by atoms with Crippen LogP contribution in [0.1, 0.15) is 18.4 Å². The van der Waals surface area contributed by atoms with Gasteiger partial charge in [0.15, 0.2) is 0 Å². The third kappa shape index (κ3) is 7.36. The first-order chi connectivity index (χ1) is 15.1. The van der Waals surface area contributed by atoms with Gasteiger partial charge >= 0.3 is 0 Å². The number of nitrogens with zero attached hydrogens (tertiary/aromatic N) is 1. The average Bonchev–Trinajstić information content (AvgIpc) is 2.78. The smallest absolute Gasteiger partial charge is 0.234 e. The minimum Gasteiger partial charge on any atom is -0.497 e. The van der Waals surface area contributed by atoms with Gasteiger partial charge in [0.05, 0.1) is 27.3 Å². The summed E-state index contributed by atoms with van der Waals surface area (Å²) in [5.41, 5.74) is 2.14. The number of likely N-dealkylation sites (tertiary alicyclic amines) is 1. The summed E-state index contributed by atoms with van der Waals surface area (Å²) in [5, 5.41) is 6.50. The van der Waals surface area contributed by atoms with Gasteiger partial charge in [-0.2, -0.15) is 0 Å². The number of methoxy groups -OCH3 is 2. The number of carbonyl (C=O) groups is 1. The molecule has 31 heavy (non-hydrogen) atoms. The fourth-order valence-corrected chi connectivity index (χ4v) is 3.69. The Morgan fingerprint density at radius 1 is 1.03 bits per heavy atom. The van der Waals surface area contributed by atoms with Gasteiger partial charge in [-0.3, -0.25) is 9.69 Å². The summed E-state index contributed by atoms with van der Waals surface area (Å²) in [6.45, 7) is 5.18. The second-order valence-electron chi connectivity index (χ2n) is 7.81. The maximum atomic E-state index is 12.2. The summed E-state index contributed by atoms with van der Waals surface area (Å²) >= 11 is 0. The normalized spacial score (nSPS) is 14.7. The van der Waals surface area contributed by atoms with Gasteiger partial charge in [0.25, 0.3) is 0 Å². The Morgan fingerprint density at radius 3 is 2.39 bits per heavy atom. The van der Waals surface area contributed by atoms with E-state index >= 15 is 0 Å². The minimum atomic E-state index is 0.0387. The lowest BCUT2D eigenvalue weighted by atomic mass is 10.0. The Bertz CT molecular complexity index is 828. The second-order valence-corrected chi connectivity index (χ2v) is 7.81. The van der Waals surface area contributed by atoms with Gasteiger partial charge in [-0.1, -0.05) is 12.1 Å². The van der Waals surface area contributed by atoms with Crippen molar-refractivity contribution >= 4 is 11.6 Å². The molecule has 7 nitrogen and oxygen atoms in total. The van der Waals surface area contributed by atoms with Crippen molar-refractivity contribution in [3.63, 3.8) is 0 Å². The number of piperidine rings is 1. The van der Waals surface area contributed by atoms with Gasteiger partial charge in [0, 0.05) is 43.0 Å². The number of anilines is 1. The Morgan fingerprint density at radius 2 is 1.74 bits per heavy atom. The van der Waals surface area contributed by atoms with Crippen molar-refractivity contribution in [3.05, 3.63) is 48.0 Å². The van der Waals surface area contributed by atoms with E-state index < -0.39 is 0 Å². The highest BCUT2D eigenvalue weighted by atomic mass is 16.5. The van der Waals surface area contributed by atoms with E-state index in [4.69, 9.17) is 14.2 Å². The molecular formula is C24H33N3O4. The topological polar surface area (TPSA) is 72.1 Å². The molecule has 1 saturated heterocycles. The third-order valence-corrected chi connectivity index (χ3v) is 5.36. The molecule has 1 amide bonds. The molecule has 0 unspecified atom stereocenters. The van der Waals surface area contributed by atoms with Crippen LogP contribution in [0.3, 0.4) is 0 Å². The molecule has 1 aliphatic heterocycles. The fourth-order valence-electron chi connectivity index (χ4n) is 3.69. The summed E-state index contributed by atoms with van der Waals surface area (Å²) in [6, 6.07) is 14.1. The largest absolute Gasteiger partial charge is 0.497 e. The van der Waals surface area contributed by atoms with Gasteiger partial charge in [0.2, 0.25) is 5.91 Å². The van der Waals surface area contributed by atoms with Crippen LogP contribution >= 0.6 is 0 Å². The summed E-state index contributed by atoms with van der Waals surface area (Å²) < 4.78 is 16.3. The van der Waals surface area contributed by atoms with Crippen LogP contribution in [0.4, 0.5) is 5.69 Å². The molecule has 1 heterocycles. The number of nitrogens with one attached hydrogen (secondary N) is 2. The van der Waals surface area contributed by atoms with E-state index in [1.165, 1.54) is 0 Å². The predicted octanol–water partition coefficient (Wildman–Crippen LogP) is 3.08. The Kier molecular flexibility index (Phi) is 8.41. The number of benzene rings is 2. The minimum absolute atomic E-state index is 0.0387. The molecule has 7 heteroatoms. The van der Waals surface area contributed by atoms with E-state index in [0.717, 1.165) is 54.4 Å². The Hall–Kier alpha value is -2.93. The van der Waals surface area contributed by atoms with Gasteiger partial charge in [-0.25, -0.2) is 0 Å². The lowest BCUT2D eigenvalue weighted by Crippen LogP contribution is -2.44. The van der Waals surface area contributed by atoms with Crippen LogP contribution in [0.15, 0.2) is 42.5 Å². The molecular weight excluding hydrogens is 394 g/mol. The van der Waals surface area contributed by atoms with Crippen LogP contribution in [-0.4, -0.2) is 63.9 Å². The molecule has 168 valence electrons. The third-order valence-electron chi connectivity index (χ3n) is 5.36. The molecule has 1 fully saturated rings. The van der Waals surface area contributed by atoms with Crippen molar-refractivity contribution in [1.82, 2.24) is 10.2 Å². The quantitative estimate of drug-likeness (QED) is 0.568. The highest BCUT2D eigenvalue weighted by molar-refractivity contribution is 5.78. The first kappa shape index (κ1) is 22.7. The summed E-state index contributed by atoms with van der Waals surface area (Å²) in [4.78, 5) is 14.4. The van der Waals surface area contributed by atoms with Gasteiger partial charge < -0.3 is 24.8 Å². The zero-order chi connectivity index (χ0) is 22.1. The molecule has 2 aromatic rings. The average molecular weight is 428 g/mol. The fraction of sp³-hybridized carbons (Fsp3) is 0.458. The van der Waals surface area contributed by atoms with E-state index in [1.54, 1.807) is 14.2 Å². The second kappa shape index (κ2) is 11.5. The first-order valence-corrected chi connectivity index (χ1v) is 10.7. The molecule has 0 atom stereocenters. The van der Waals surface area contributed by atoms with Gasteiger partial charge in [-0.05, 0) is 37.5 Å². The van der Waals surface area contributed by atoms with Crippen LogP contribution < -0.4 is 24.8 Å². The SMILES string of the molecule is COc1cc(NC2CCN(CC(=O)NCCOc3cccc(C)c3)CC2)cc(OC)c1. The van der Waals surface area contributed by atoms with Crippen molar-refractivity contribution < 1.29 is 19.0 Å². The molecule has 0 spiro atoms. The van der Waals surface area contributed by atoms with E-state index in [2.05, 4.69) is 15.5 Å². The molecule has 1 aliphatic rings. The molecule has 2 N–H and O–H groups in total. The number of hydrogen-bond acceptors (Lipinski definition) is 6. The van der Waals surface area contributed by atoms with Crippen molar-refractivity contribution in [3.8, 4) is 17.2 Å². The monoisotopic (exact) mass is 427 g/mol. The number of ether oxygens (including phenoxy) is 3. The van der Waals surface area contributed by atoms with E-state index in [9.17, 15) is 4.79 Å². The lowest BCUT2D eigenvalue weighted by Gasteiger charge is -2.32. The number of aryl methyl sites for hydroxylation is 1. The van der Waals surface area contributed by atoms with Gasteiger partial charge in [0.1, 0.15) is 23.9 Å². The molecule has 0 aromatic heterocycles. The number of amides is 1. The van der Waals surface area contributed by atoms with Gasteiger partial charge in [-0.15, -0.1) is 0 Å². The molecule has 0 aliphatic carbocycles. The molecule has 0 saturated carbocycles. The highest BCUT2D eigenvalue weighted by Crippen LogP contribution is 2.27. The van der Waals surface area contributed by atoms with Crippen LogP contribution in [0.25, 0.3) is 0 Å². The van der Waals surface area contributed by atoms with Crippen molar-refractivity contribution in [1.29, 1.82) is 0 Å². The van der Waals surface area contributed by atoms with Crippen molar-refractivity contribution in [2.45, 2.75) is 25.8 Å². The number of hydrogen-bond donors (Lipinski definition) is 2. The van der Waals surface area contributed by atoms with E-state index in [0.29, 0.717) is 25.7 Å². The number of rotatable bonds is 10. The molecule has 0 bridgehead atoms. The number of carbonyl (C=O) groups excluding carboxylic acids is 1. The standard InChI is InChI=1S/C24H33N3O4/c1-18-5-4-6-21(13-18)31-12-9-25-24(28)17-27-10-7-19(8-11-27)26-20-14-22(29-2)16-23(15-20)30-3/h4-6,13-16,19,26H,7-12,17H2,1-3H3,(H,25,28). The summed E-state index contributed by atoms with van der Waals surface area (Å²) in [6.07, 6.45) is 1.95. The van der Waals surface area contributed by atoms with Crippen molar-refractivity contribution in [2.24, 2.45) is 0 Å². The molecule has 3 rings (SSSR count). The zero-order valence-electron chi connectivity index (χ0n) is 18.6. The van der Waals surface area contributed by atoms with E-state index in [-0.39, 0.29) is 5.91 Å². The summed E-state index contributed by atoms with van der Waals surface area (Å²) in [5.74, 6) is 2.40. The maximum Gasteiger partial charge on any atom is 0.234 e. The van der Waals surface area contributed by atoms with E-state index in [1.807, 2.05) is 49.4 Å². The maximum absolute atomic E-state index is 12.2. The molecule has 2 aromatic carbocycles. The lowest BCUT2D eigenvalue weighted by molar-refractivity contribution is -0.122. The Balaban J connectivity index is 1.34. The Labute approximate surface area is 184 Å². The predicted molar refractivity (Wildman–Crippen MR) is 122 cm³/mol. The van der Waals surface area contributed by atoms with Crippen molar-refractivity contribution in [2.75, 3.05) is 52.3 Å². The highest BCUT2D eigenvalue weighted by Gasteiger charge is 2.21. The zero-order valence-corrected chi connectivity index (χ0v) is 18.6. The summed E-state index contributed by atoms with van der Waals surface area (Å²) in [7, 11) is 3.30. The first-order valence-electron chi connectivity index (χ1n) is 10.7. The molecule has 0 radical (unpaired) electrons.